The topological polar surface area (TPSA) is 113 Å². The van der Waals surface area contributed by atoms with Crippen LogP contribution in [0.2, 0.25) is 0 Å². The molecule has 1 amide bonds. The molecule has 0 radical (unpaired) electrons. The van der Waals surface area contributed by atoms with Crippen LogP contribution >= 0.6 is 0 Å². The number of hydrogen-bond donors (Lipinski definition) is 1. The highest BCUT2D eigenvalue weighted by molar-refractivity contribution is 6.46. The van der Waals surface area contributed by atoms with Crippen LogP contribution in [0.4, 0.5) is 5.69 Å². The summed E-state index contributed by atoms with van der Waals surface area (Å²) in [6, 6.07) is 9.97. The van der Waals surface area contributed by atoms with Gasteiger partial charge in [0.05, 0.1) is 23.1 Å². The Labute approximate surface area is 204 Å². The molecule has 0 saturated carbocycles. The van der Waals surface area contributed by atoms with E-state index in [1.54, 1.807) is 25.1 Å². The molecule has 9 heteroatoms. The van der Waals surface area contributed by atoms with Gasteiger partial charge in [0.15, 0.2) is 0 Å². The number of aliphatic hydroxyl groups is 1. The van der Waals surface area contributed by atoms with Gasteiger partial charge in [-0.3, -0.25) is 19.7 Å². The van der Waals surface area contributed by atoms with E-state index in [2.05, 4.69) is 0 Å². The summed E-state index contributed by atoms with van der Waals surface area (Å²) in [6.45, 7) is 7.16. The van der Waals surface area contributed by atoms with Gasteiger partial charge in [-0.15, -0.1) is 0 Å². The zero-order chi connectivity index (χ0) is 25.9. The molecule has 0 bridgehead atoms. The van der Waals surface area contributed by atoms with Crippen LogP contribution in [-0.4, -0.2) is 65.3 Å². The molecular weight excluding hydrogens is 450 g/mol. The fourth-order valence-electron chi connectivity index (χ4n) is 3.94. The van der Waals surface area contributed by atoms with Crippen LogP contribution in [-0.2, 0) is 9.59 Å². The molecule has 2 aromatic rings. The smallest absolute Gasteiger partial charge is 0.295 e. The van der Waals surface area contributed by atoms with Gasteiger partial charge in [0.2, 0.25) is 0 Å². The molecule has 1 saturated heterocycles. The standard InChI is InChI=1S/C26H31N3O6/c1-16(2)15-35-20-10-11-21(17(3)14-20)24(30)22-23(18-6-8-19(9-7-18)29(33)34)28(13-12-27(4)5)26(32)25(22)31/h6-11,14,16,23,30H,12-13,15H2,1-5H3/t23-/m1/s1. The zero-order valence-corrected chi connectivity index (χ0v) is 20.6. The van der Waals surface area contributed by atoms with Crippen LogP contribution in [0.3, 0.4) is 0 Å². The Hall–Kier alpha value is -3.72. The SMILES string of the molecule is Cc1cc(OCC(C)C)ccc1C(O)=C1C(=O)C(=O)N(CCN(C)C)[C@@H]1c1ccc([N+](=O)[O-])cc1. The summed E-state index contributed by atoms with van der Waals surface area (Å²) < 4.78 is 5.75. The Morgan fingerprint density at radius 3 is 2.37 bits per heavy atom. The number of ketones is 1. The minimum Gasteiger partial charge on any atom is -0.507 e. The van der Waals surface area contributed by atoms with Crippen molar-refractivity contribution in [2.24, 2.45) is 5.92 Å². The maximum Gasteiger partial charge on any atom is 0.295 e. The number of Topliss-reactive ketones (excluding diaryl/α,β-unsaturated/α-hetero) is 1. The van der Waals surface area contributed by atoms with Crippen LogP contribution in [0.1, 0.15) is 36.6 Å². The molecule has 3 rings (SSSR count). The number of aryl methyl sites for hydroxylation is 1. The number of likely N-dealkylation sites (tertiary alicyclic amines) is 1. The molecule has 9 nitrogen and oxygen atoms in total. The summed E-state index contributed by atoms with van der Waals surface area (Å²) in [6.07, 6.45) is 0. The lowest BCUT2D eigenvalue weighted by molar-refractivity contribution is -0.384. The Morgan fingerprint density at radius 1 is 1.17 bits per heavy atom. The van der Waals surface area contributed by atoms with Crippen LogP contribution in [0.25, 0.3) is 5.76 Å². The second-order valence-electron chi connectivity index (χ2n) is 9.33. The first-order valence-corrected chi connectivity index (χ1v) is 11.4. The molecule has 35 heavy (non-hydrogen) atoms. The lowest BCUT2D eigenvalue weighted by Gasteiger charge is -2.26. The first kappa shape index (κ1) is 25.9. The monoisotopic (exact) mass is 481 g/mol. The van der Waals surface area contributed by atoms with Gasteiger partial charge in [-0.1, -0.05) is 13.8 Å². The van der Waals surface area contributed by atoms with Gasteiger partial charge in [0.1, 0.15) is 11.5 Å². The second-order valence-corrected chi connectivity index (χ2v) is 9.33. The van der Waals surface area contributed by atoms with E-state index in [4.69, 9.17) is 4.74 Å². The molecule has 0 spiro atoms. The summed E-state index contributed by atoms with van der Waals surface area (Å²) >= 11 is 0. The normalized spacial score (nSPS) is 17.5. The van der Waals surface area contributed by atoms with Crippen LogP contribution < -0.4 is 4.74 Å². The molecule has 1 aliphatic heterocycles. The number of ether oxygens (including phenoxy) is 1. The Morgan fingerprint density at radius 2 is 1.83 bits per heavy atom. The maximum atomic E-state index is 13.1. The number of hydrogen-bond acceptors (Lipinski definition) is 7. The number of amides is 1. The van der Waals surface area contributed by atoms with E-state index in [9.17, 15) is 24.8 Å². The first-order chi connectivity index (χ1) is 16.5. The van der Waals surface area contributed by atoms with E-state index in [1.165, 1.54) is 29.2 Å². The Balaban J connectivity index is 2.09. The average Bonchev–Trinajstić information content (AvgIpc) is 3.05. The van der Waals surface area contributed by atoms with Gasteiger partial charge < -0.3 is 19.6 Å². The lowest BCUT2D eigenvalue weighted by Crippen LogP contribution is -2.35. The highest BCUT2D eigenvalue weighted by Crippen LogP contribution is 2.40. The summed E-state index contributed by atoms with van der Waals surface area (Å²) in [5, 5.41) is 22.4. The van der Waals surface area contributed by atoms with Gasteiger partial charge in [0.25, 0.3) is 17.4 Å². The van der Waals surface area contributed by atoms with Crippen LogP contribution in [0, 0.1) is 23.0 Å². The molecule has 2 aromatic carbocycles. The van der Waals surface area contributed by atoms with E-state index in [0.29, 0.717) is 41.5 Å². The number of carbonyl (C=O) groups is 2. The van der Waals surface area contributed by atoms with Gasteiger partial charge >= 0.3 is 0 Å². The molecule has 0 aliphatic carbocycles. The van der Waals surface area contributed by atoms with E-state index in [0.717, 1.165) is 0 Å². The predicted molar refractivity (Wildman–Crippen MR) is 132 cm³/mol. The van der Waals surface area contributed by atoms with Crippen molar-refractivity contribution in [3.63, 3.8) is 0 Å². The third-order valence-electron chi connectivity index (χ3n) is 5.78. The summed E-state index contributed by atoms with van der Waals surface area (Å²) in [4.78, 5) is 40.0. The number of aliphatic hydroxyl groups excluding tert-OH is 1. The minimum atomic E-state index is -0.868. The van der Waals surface area contributed by atoms with Crippen molar-refractivity contribution in [1.82, 2.24) is 9.80 Å². The highest BCUT2D eigenvalue weighted by Gasteiger charge is 2.46. The average molecular weight is 482 g/mol. The quantitative estimate of drug-likeness (QED) is 0.190. The maximum absolute atomic E-state index is 13.1. The van der Waals surface area contributed by atoms with Crippen molar-refractivity contribution in [3.8, 4) is 5.75 Å². The third kappa shape index (κ3) is 5.68. The second kappa shape index (κ2) is 10.7. The van der Waals surface area contributed by atoms with Crippen molar-refractivity contribution >= 4 is 23.1 Å². The van der Waals surface area contributed by atoms with Crippen molar-refractivity contribution < 1.29 is 24.4 Å². The van der Waals surface area contributed by atoms with Gasteiger partial charge in [0, 0.05) is 30.8 Å². The lowest BCUT2D eigenvalue weighted by atomic mass is 9.93. The fourth-order valence-corrected chi connectivity index (χ4v) is 3.94. The van der Waals surface area contributed by atoms with E-state index in [-0.39, 0.29) is 23.6 Å². The molecule has 1 N–H and O–H groups in total. The molecule has 1 fully saturated rings. The fraction of sp³-hybridized carbons (Fsp3) is 0.385. The Kier molecular flexibility index (Phi) is 7.91. The van der Waals surface area contributed by atoms with E-state index >= 15 is 0 Å². The van der Waals surface area contributed by atoms with Crippen LogP contribution in [0.5, 0.6) is 5.75 Å². The van der Waals surface area contributed by atoms with Crippen molar-refractivity contribution in [1.29, 1.82) is 0 Å². The molecule has 0 unspecified atom stereocenters. The summed E-state index contributed by atoms with van der Waals surface area (Å²) in [7, 11) is 3.70. The molecule has 0 aromatic heterocycles. The number of likely N-dealkylation sites (N-methyl/N-ethyl adjacent to an activating group) is 1. The number of nitrogens with zero attached hydrogens (tertiary/aromatic N) is 3. The molecule has 1 heterocycles. The van der Waals surface area contributed by atoms with Gasteiger partial charge in [-0.25, -0.2) is 0 Å². The van der Waals surface area contributed by atoms with E-state index < -0.39 is 22.7 Å². The number of non-ortho nitro benzene ring substituents is 1. The Bertz CT molecular complexity index is 1150. The molecule has 1 atom stereocenters. The number of rotatable bonds is 9. The number of nitro groups is 1. The van der Waals surface area contributed by atoms with Gasteiger partial charge in [-0.2, -0.15) is 0 Å². The third-order valence-corrected chi connectivity index (χ3v) is 5.78. The van der Waals surface area contributed by atoms with Gasteiger partial charge in [-0.05, 0) is 68.4 Å². The van der Waals surface area contributed by atoms with E-state index in [1.807, 2.05) is 32.8 Å². The number of nitro benzene ring substituents is 1. The largest absolute Gasteiger partial charge is 0.507 e. The van der Waals surface area contributed by atoms with Crippen molar-refractivity contribution in [2.45, 2.75) is 26.8 Å². The van der Waals surface area contributed by atoms with Crippen molar-refractivity contribution in [3.05, 3.63) is 74.8 Å². The molecular formula is C26H31N3O6. The van der Waals surface area contributed by atoms with Crippen molar-refractivity contribution in [2.75, 3.05) is 33.8 Å². The molecule has 1 aliphatic rings. The zero-order valence-electron chi connectivity index (χ0n) is 20.6. The predicted octanol–water partition coefficient (Wildman–Crippen LogP) is 3.92. The summed E-state index contributed by atoms with van der Waals surface area (Å²) in [5.74, 6) is -0.795. The number of carbonyl (C=O) groups excluding carboxylic acids is 2. The first-order valence-electron chi connectivity index (χ1n) is 11.4. The summed E-state index contributed by atoms with van der Waals surface area (Å²) in [5.41, 5.74) is 1.46. The number of benzene rings is 2. The van der Waals surface area contributed by atoms with Crippen LogP contribution in [0.15, 0.2) is 48.0 Å². The highest BCUT2D eigenvalue weighted by atomic mass is 16.6. The molecule has 186 valence electrons. The minimum absolute atomic E-state index is 0.0402.